The van der Waals surface area contributed by atoms with Gasteiger partial charge in [-0.1, -0.05) is 0 Å². The van der Waals surface area contributed by atoms with Crippen LogP contribution in [0.3, 0.4) is 0 Å². The van der Waals surface area contributed by atoms with Gasteiger partial charge in [0.25, 0.3) is 5.56 Å². The number of nitriles is 1. The molecule has 0 spiro atoms. The van der Waals surface area contributed by atoms with Gasteiger partial charge in [-0.05, 0) is 49.1 Å². The first kappa shape index (κ1) is 17.6. The number of hydrogen-bond acceptors (Lipinski definition) is 6. The van der Waals surface area contributed by atoms with Crippen LogP contribution >= 0.6 is 0 Å². The molecule has 3 aromatic heterocycles. The summed E-state index contributed by atoms with van der Waals surface area (Å²) in [5.41, 5.74) is 4.59. The Morgan fingerprint density at radius 2 is 1.97 bits per heavy atom. The highest BCUT2D eigenvalue weighted by Crippen LogP contribution is 2.31. The molecule has 0 N–H and O–H groups in total. The summed E-state index contributed by atoms with van der Waals surface area (Å²) >= 11 is 0. The topological polar surface area (TPSA) is 87.7 Å². The minimum absolute atomic E-state index is 0.102. The molecule has 3 aromatic rings. The summed E-state index contributed by atoms with van der Waals surface area (Å²) in [4.78, 5) is 23.2. The summed E-state index contributed by atoms with van der Waals surface area (Å²) < 4.78 is 1.54. The van der Waals surface area contributed by atoms with Crippen molar-refractivity contribution >= 4 is 5.82 Å². The number of pyridine rings is 2. The van der Waals surface area contributed by atoms with Crippen LogP contribution in [0.1, 0.15) is 23.2 Å². The first-order valence-electron chi connectivity index (χ1n) is 9.87. The van der Waals surface area contributed by atoms with Crippen molar-refractivity contribution in [2.45, 2.75) is 25.8 Å². The van der Waals surface area contributed by atoms with Gasteiger partial charge in [0, 0.05) is 48.7 Å². The molecule has 144 valence electrons. The van der Waals surface area contributed by atoms with E-state index in [0.717, 1.165) is 55.1 Å². The van der Waals surface area contributed by atoms with E-state index in [1.54, 1.807) is 29.2 Å². The first-order chi connectivity index (χ1) is 14.2. The van der Waals surface area contributed by atoms with E-state index in [9.17, 15) is 10.1 Å². The van der Waals surface area contributed by atoms with Gasteiger partial charge >= 0.3 is 0 Å². The maximum Gasteiger partial charge on any atom is 0.266 e. The quantitative estimate of drug-likeness (QED) is 0.685. The van der Waals surface area contributed by atoms with Gasteiger partial charge in [-0.3, -0.25) is 9.78 Å². The van der Waals surface area contributed by atoms with E-state index in [4.69, 9.17) is 4.98 Å². The van der Waals surface area contributed by atoms with Gasteiger partial charge in [0.2, 0.25) is 0 Å². The maximum atomic E-state index is 12.3. The Morgan fingerprint density at radius 1 is 1.14 bits per heavy atom. The zero-order valence-corrected chi connectivity index (χ0v) is 16.0. The van der Waals surface area contributed by atoms with Crippen LogP contribution in [0.4, 0.5) is 5.82 Å². The molecular weight excluding hydrogens is 364 g/mol. The van der Waals surface area contributed by atoms with Crippen molar-refractivity contribution in [1.82, 2.24) is 19.7 Å². The predicted octanol–water partition coefficient (Wildman–Crippen LogP) is 2.20. The Balaban J connectivity index is 1.32. The molecule has 5 rings (SSSR count). The molecule has 7 nitrogen and oxygen atoms in total. The van der Waals surface area contributed by atoms with Gasteiger partial charge in [0.1, 0.15) is 11.9 Å². The van der Waals surface area contributed by atoms with Crippen LogP contribution < -0.4 is 10.5 Å². The molecule has 1 fully saturated rings. The van der Waals surface area contributed by atoms with Crippen molar-refractivity contribution in [3.05, 3.63) is 69.9 Å². The van der Waals surface area contributed by atoms with Crippen molar-refractivity contribution in [3.8, 4) is 17.3 Å². The minimum atomic E-state index is -0.102. The highest BCUT2D eigenvalue weighted by atomic mass is 16.1. The van der Waals surface area contributed by atoms with Crippen molar-refractivity contribution in [1.29, 1.82) is 5.26 Å². The fourth-order valence-corrected chi connectivity index (χ4v) is 4.14. The van der Waals surface area contributed by atoms with E-state index in [1.165, 1.54) is 5.56 Å². The molecule has 0 bridgehead atoms. The average Bonchev–Trinajstić information content (AvgIpc) is 3.18. The van der Waals surface area contributed by atoms with E-state index in [-0.39, 0.29) is 5.56 Å². The number of aromatic nitrogens is 4. The van der Waals surface area contributed by atoms with Crippen LogP contribution in [-0.4, -0.2) is 32.8 Å². The predicted molar refractivity (Wildman–Crippen MR) is 108 cm³/mol. The van der Waals surface area contributed by atoms with Crippen molar-refractivity contribution in [2.75, 3.05) is 18.0 Å². The fraction of sp³-hybridized carbons (Fsp3) is 0.318. The number of aryl methyl sites for hydroxylation is 2. The third-order valence-corrected chi connectivity index (χ3v) is 5.68. The molecular formula is C22H20N6O. The van der Waals surface area contributed by atoms with E-state index in [2.05, 4.69) is 21.1 Å². The Hall–Kier alpha value is -3.53. The van der Waals surface area contributed by atoms with E-state index >= 15 is 0 Å². The van der Waals surface area contributed by atoms with E-state index < -0.39 is 0 Å². The fourth-order valence-electron chi connectivity index (χ4n) is 4.14. The smallest absolute Gasteiger partial charge is 0.266 e. The third-order valence-electron chi connectivity index (χ3n) is 5.68. The number of fused-ring (bicyclic) bond motifs is 1. The van der Waals surface area contributed by atoms with Crippen molar-refractivity contribution in [3.63, 3.8) is 0 Å². The van der Waals surface area contributed by atoms with E-state index in [0.29, 0.717) is 18.0 Å². The highest BCUT2D eigenvalue weighted by Gasteiger charge is 2.31. The molecule has 1 aliphatic heterocycles. The molecule has 1 aliphatic carbocycles. The third kappa shape index (κ3) is 3.27. The summed E-state index contributed by atoms with van der Waals surface area (Å²) in [6.07, 6.45) is 6.55. The SMILES string of the molecule is N#Cc1cc2c(nc1N1CC(Cn3nc(-c4ccncc4)ccc3=O)C1)CCC2. The van der Waals surface area contributed by atoms with Crippen molar-refractivity contribution < 1.29 is 0 Å². The largest absolute Gasteiger partial charge is 0.355 e. The standard InChI is InChI=1S/C22H20N6O/c23-11-18-10-17-2-1-3-19(17)25-22(18)27-12-15(13-27)14-28-21(29)5-4-20(26-28)16-6-8-24-9-7-16/h4-10,15H,1-3,12-14H2. The van der Waals surface area contributed by atoms with Gasteiger partial charge in [-0.15, -0.1) is 0 Å². The second kappa shape index (κ2) is 7.13. The summed E-state index contributed by atoms with van der Waals surface area (Å²) in [6, 6.07) is 11.4. The normalized spacial score (nSPS) is 15.6. The summed E-state index contributed by atoms with van der Waals surface area (Å²) in [5, 5.41) is 14.1. The number of hydrogen-bond donors (Lipinski definition) is 0. The Kier molecular flexibility index (Phi) is 4.32. The molecule has 0 saturated carbocycles. The van der Waals surface area contributed by atoms with Crippen molar-refractivity contribution in [2.24, 2.45) is 5.92 Å². The second-order valence-electron chi connectivity index (χ2n) is 7.68. The summed E-state index contributed by atoms with van der Waals surface area (Å²) in [5.74, 6) is 1.09. The van der Waals surface area contributed by atoms with Gasteiger partial charge < -0.3 is 4.90 Å². The maximum absolute atomic E-state index is 12.3. The lowest BCUT2D eigenvalue weighted by Crippen LogP contribution is -2.50. The molecule has 4 heterocycles. The molecule has 0 unspecified atom stereocenters. The lowest BCUT2D eigenvalue weighted by Gasteiger charge is -2.40. The minimum Gasteiger partial charge on any atom is -0.355 e. The Labute approximate surface area is 168 Å². The van der Waals surface area contributed by atoms with Crippen LogP contribution in [0, 0.1) is 17.2 Å². The lowest BCUT2D eigenvalue weighted by atomic mass is 9.99. The summed E-state index contributed by atoms with van der Waals surface area (Å²) in [6.45, 7) is 2.10. The Bertz CT molecular complexity index is 1160. The number of anilines is 1. The molecule has 2 aliphatic rings. The monoisotopic (exact) mass is 384 g/mol. The zero-order chi connectivity index (χ0) is 19.8. The lowest BCUT2D eigenvalue weighted by molar-refractivity contribution is 0.333. The number of nitrogens with zero attached hydrogens (tertiary/aromatic N) is 6. The van der Waals surface area contributed by atoms with Gasteiger partial charge in [0.05, 0.1) is 17.8 Å². The Morgan fingerprint density at radius 3 is 2.76 bits per heavy atom. The molecule has 0 atom stereocenters. The molecule has 29 heavy (non-hydrogen) atoms. The van der Waals surface area contributed by atoms with Crippen LogP contribution in [0.5, 0.6) is 0 Å². The molecule has 1 saturated heterocycles. The molecule has 7 heteroatoms. The number of rotatable bonds is 4. The summed E-state index contributed by atoms with van der Waals surface area (Å²) in [7, 11) is 0. The highest BCUT2D eigenvalue weighted by molar-refractivity contribution is 5.58. The van der Waals surface area contributed by atoms with Gasteiger partial charge in [-0.2, -0.15) is 10.4 Å². The molecule has 0 aromatic carbocycles. The average molecular weight is 384 g/mol. The van der Waals surface area contributed by atoms with Crippen LogP contribution in [0.2, 0.25) is 0 Å². The van der Waals surface area contributed by atoms with E-state index in [1.807, 2.05) is 18.2 Å². The molecule has 0 amide bonds. The van der Waals surface area contributed by atoms with Crippen LogP contribution in [0.15, 0.2) is 47.5 Å². The van der Waals surface area contributed by atoms with Crippen LogP contribution in [-0.2, 0) is 19.4 Å². The zero-order valence-electron chi connectivity index (χ0n) is 16.0. The second-order valence-corrected chi connectivity index (χ2v) is 7.68. The van der Waals surface area contributed by atoms with Gasteiger partial charge in [0.15, 0.2) is 0 Å². The first-order valence-corrected chi connectivity index (χ1v) is 9.87. The van der Waals surface area contributed by atoms with Gasteiger partial charge in [-0.25, -0.2) is 9.67 Å². The molecule has 0 radical (unpaired) electrons. The van der Waals surface area contributed by atoms with Crippen LogP contribution in [0.25, 0.3) is 11.3 Å².